The van der Waals surface area contributed by atoms with E-state index in [4.69, 9.17) is 9.29 Å². The number of rotatable bonds is 9. The van der Waals surface area contributed by atoms with Gasteiger partial charge < -0.3 is 9.84 Å². The maximum Gasteiger partial charge on any atom is 1.00 e. The number of para-hydroxylation sites is 1. The molecule has 0 unspecified atom stereocenters. The zero-order chi connectivity index (χ0) is 18.3. The summed E-state index contributed by atoms with van der Waals surface area (Å²) < 4.78 is 37.0. The van der Waals surface area contributed by atoms with Crippen LogP contribution in [0.1, 0.15) is 44.6 Å². The minimum absolute atomic E-state index is 0. The summed E-state index contributed by atoms with van der Waals surface area (Å²) in [5.41, 5.74) is 0.694. The molecule has 2 rings (SSSR count). The van der Waals surface area contributed by atoms with E-state index in [-0.39, 0.29) is 51.7 Å². The second-order valence-electron chi connectivity index (χ2n) is 5.96. The van der Waals surface area contributed by atoms with E-state index in [0.29, 0.717) is 12.0 Å². The molecule has 26 heavy (non-hydrogen) atoms. The minimum atomic E-state index is -4.31. The van der Waals surface area contributed by atoms with E-state index in [2.05, 4.69) is 6.92 Å². The average Bonchev–Trinajstić information content (AvgIpc) is 2.57. The predicted octanol–water partition coefficient (Wildman–Crippen LogP) is 1.32. The molecule has 2 aromatic rings. The van der Waals surface area contributed by atoms with Crippen LogP contribution in [0, 0.1) is 0 Å². The van der Waals surface area contributed by atoms with Crippen LogP contribution >= 0.6 is 0 Å². The van der Waals surface area contributed by atoms with Gasteiger partial charge in [-0.15, -0.1) is 0 Å². The van der Waals surface area contributed by atoms with Crippen LogP contribution in [0.3, 0.4) is 0 Å². The third kappa shape index (κ3) is 6.93. The maximum absolute atomic E-state index is 12.5. The molecule has 0 amide bonds. The maximum atomic E-state index is 12.5. The summed E-state index contributed by atoms with van der Waals surface area (Å²) in [6.45, 7) is 2.16. The van der Waals surface area contributed by atoms with Crippen molar-refractivity contribution in [3.8, 4) is 17.2 Å². The molecule has 2 aromatic carbocycles. The van der Waals surface area contributed by atoms with Crippen molar-refractivity contribution in [1.82, 2.24) is 0 Å². The van der Waals surface area contributed by atoms with Crippen LogP contribution in [0.25, 0.3) is 0 Å². The first-order chi connectivity index (χ1) is 11.9. The summed E-state index contributed by atoms with van der Waals surface area (Å²) in [5, 5.41) is 12.5. The number of hydrogen-bond donors (Lipinski definition) is 1. The Balaban J connectivity index is 0.00000338. The Morgan fingerprint density at radius 2 is 1.73 bits per heavy atom. The van der Waals surface area contributed by atoms with Gasteiger partial charge in [0.25, 0.3) is 10.1 Å². The van der Waals surface area contributed by atoms with Gasteiger partial charge in [-0.05, 0) is 31.0 Å². The van der Waals surface area contributed by atoms with Crippen LogP contribution in [0.5, 0.6) is 17.2 Å². The van der Waals surface area contributed by atoms with E-state index in [9.17, 15) is 13.5 Å². The van der Waals surface area contributed by atoms with E-state index < -0.39 is 10.1 Å². The number of aryl methyl sites for hydroxylation is 1. The van der Waals surface area contributed by atoms with Crippen molar-refractivity contribution in [2.75, 3.05) is 0 Å². The second kappa shape index (κ2) is 10.9. The van der Waals surface area contributed by atoms with Gasteiger partial charge in [0.2, 0.25) is 0 Å². The smallest absolute Gasteiger partial charge is 0.870 e. The van der Waals surface area contributed by atoms with E-state index in [1.807, 2.05) is 0 Å². The third-order valence-electron chi connectivity index (χ3n) is 3.94. The van der Waals surface area contributed by atoms with Crippen molar-refractivity contribution in [1.29, 1.82) is 0 Å². The Morgan fingerprint density at radius 1 is 1.04 bits per heavy atom. The predicted molar refractivity (Wildman–Crippen MR) is 94.7 cm³/mol. The Labute approximate surface area is 177 Å². The van der Waals surface area contributed by atoms with Gasteiger partial charge in [-0.1, -0.05) is 62.1 Å². The standard InChI is InChI=1S/C19H24O5S.Na/c1-2-3-4-5-6-9-15-10-7-13-18(19(15)20)24-16-11-8-12-17(14-16)25(21,22)23;/h7-8,10-14,20H,2-6,9H2,1H3,(H,21,22,23);/q;+1/p-1. The van der Waals surface area contributed by atoms with Gasteiger partial charge >= 0.3 is 29.6 Å². The average molecular weight is 386 g/mol. The van der Waals surface area contributed by atoms with E-state index in [0.717, 1.165) is 12.8 Å². The van der Waals surface area contributed by atoms with Gasteiger partial charge in [-0.2, -0.15) is 8.42 Å². The topological polar surface area (TPSA) is 86.7 Å². The largest absolute Gasteiger partial charge is 1.00 e. The minimum Gasteiger partial charge on any atom is -0.870 e. The zero-order valence-electron chi connectivity index (χ0n) is 15.3. The van der Waals surface area contributed by atoms with E-state index >= 15 is 0 Å². The Morgan fingerprint density at radius 3 is 2.42 bits per heavy atom. The third-order valence-corrected chi connectivity index (χ3v) is 4.79. The molecule has 0 aliphatic heterocycles. The molecular formula is C19H23NaO5S. The van der Waals surface area contributed by atoms with Crippen molar-refractivity contribution >= 4 is 10.1 Å². The first kappa shape index (κ1) is 23.0. The van der Waals surface area contributed by atoms with Gasteiger partial charge in [0.15, 0.2) is 0 Å². The Kier molecular flexibility index (Phi) is 9.68. The monoisotopic (exact) mass is 386 g/mol. The summed E-state index contributed by atoms with van der Waals surface area (Å²) in [6, 6.07) is 10.5. The molecule has 0 bridgehead atoms. The molecule has 0 saturated carbocycles. The fourth-order valence-electron chi connectivity index (χ4n) is 2.58. The van der Waals surface area contributed by atoms with Crippen LogP contribution in [0.2, 0.25) is 0 Å². The van der Waals surface area contributed by atoms with Crippen molar-refractivity contribution in [3.63, 3.8) is 0 Å². The molecule has 7 heteroatoms. The van der Waals surface area contributed by atoms with Crippen molar-refractivity contribution in [2.45, 2.75) is 50.3 Å². The summed E-state index contributed by atoms with van der Waals surface area (Å²) >= 11 is 0. The second-order valence-corrected chi connectivity index (χ2v) is 7.38. The zero-order valence-corrected chi connectivity index (χ0v) is 18.1. The molecule has 0 spiro atoms. The van der Waals surface area contributed by atoms with Crippen LogP contribution in [-0.2, 0) is 16.5 Å². The normalized spacial score (nSPS) is 11.0. The van der Waals surface area contributed by atoms with E-state index in [1.54, 1.807) is 18.2 Å². The number of hydrogen-bond acceptors (Lipinski definition) is 4. The van der Waals surface area contributed by atoms with Gasteiger partial charge in [-0.3, -0.25) is 4.55 Å². The summed E-state index contributed by atoms with van der Waals surface area (Å²) in [4.78, 5) is -0.274. The number of ether oxygens (including phenoxy) is 1. The van der Waals surface area contributed by atoms with Gasteiger partial charge in [0.1, 0.15) is 11.5 Å². The molecule has 0 aliphatic rings. The molecule has 0 radical (unpaired) electrons. The van der Waals surface area contributed by atoms with Gasteiger partial charge in [-0.25, -0.2) is 0 Å². The van der Waals surface area contributed by atoms with Crippen LogP contribution in [-0.4, -0.2) is 13.0 Å². The number of unbranched alkanes of at least 4 members (excludes halogenated alkanes) is 4. The molecule has 0 atom stereocenters. The first-order valence-corrected chi connectivity index (χ1v) is 9.90. The van der Waals surface area contributed by atoms with Crippen LogP contribution in [0.15, 0.2) is 47.4 Å². The molecule has 0 aromatic heterocycles. The molecule has 0 aliphatic carbocycles. The van der Waals surface area contributed by atoms with Crippen LogP contribution in [0.4, 0.5) is 0 Å². The SMILES string of the molecule is CCCCCCCc1cccc(Oc2cccc(S(=O)(=O)O)c2)c1[O-].[Na+]. The molecule has 5 nitrogen and oxygen atoms in total. The van der Waals surface area contributed by atoms with Crippen LogP contribution < -0.4 is 39.4 Å². The number of benzene rings is 2. The molecular weight excluding hydrogens is 363 g/mol. The summed E-state index contributed by atoms with van der Waals surface area (Å²) in [7, 11) is -4.31. The fourth-order valence-corrected chi connectivity index (χ4v) is 3.10. The van der Waals surface area contributed by atoms with Crippen molar-refractivity contribution in [3.05, 3.63) is 48.0 Å². The Hall–Kier alpha value is -1.05. The Bertz CT molecular complexity index is 805. The molecule has 0 saturated heterocycles. The quantitative estimate of drug-likeness (QED) is 0.399. The van der Waals surface area contributed by atoms with Gasteiger partial charge in [0.05, 0.1) is 4.90 Å². The van der Waals surface area contributed by atoms with Crippen molar-refractivity contribution < 1.29 is 52.4 Å². The summed E-state index contributed by atoms with van der Waals surface area (Å²) in [5.74, 6) is 0.154. The molecule has 136 valence electrons. The van der Waals surface area contributed by atoms with Gasteiger partial charge in [0, 0.05) is 6.07 Å². The molecule has 1 N–H and O–H groups in total. The fraction of sp³-hybridized carbons (Fsp3) is 0.368. The molecule has 0 heterocycles. The van der Waals surface area contributed by atoms with Crippen molar-refractivity contribution in [2.24, 2.45) is 0 Å². The molecule has 0 fully saturated rings. The summed E-state index contributed by atoms with van der Waals surface area (Å²) in [6.07, 6.45) is 6.30. The van der Waals surface area contributed by atoms with E-state index in [1.165, 1.54) is 43.5 Å². The first-order valence-electron chi connectivity index (χ1n) is 8.46.